The summed E-state index contributed by atoms with van der Waals surface area (Å²) in [7, 11) is 1.54. The van der Waals surface area contributed by atoms with Gasteiger partial charge in [-0.1, -0.05) is 32.6 Å². The molecular weight excluding hydrogens is 472 g/mol. The number of likely N-dealkylation sites (N-methyl/N-ethyl adjacent to an activating group) is 1. The Morgan fingerprint density at radius 3 is 2.35 bits per heavy atom. The maximum Gasteiger partial charge on any atom is 0.295 e. The molecule has 0 saturated carbocycles. The van der Waals surface area contributed by atoms with Gasteiger partial charge in [-0.25, -0.2) is 0 Å². The number of aliphatic hydroxyl groups excluding tert-OH is 1. The van der Waals surface area contributed by atoms with Crippen molar-refractivity contribution >= 4 is 17.4 Å². The molecule has 0 bridgehead atoms. The molecule has 0 aromatic heterocycles. The normalized spacial score (nSPS) is 16.8. The molecule has 2 aromatic carbocycles. The molecule has 8 heteroatoms. The zero-order valence-electron chi connectivity index (χ0n) is 22.0. The topological polar surface area (TPSA) is 88.5 Å². The first-order valence-corrected chi connectivity index (χ1v) is 12.6. The zero-order valence-corrected chi connectivity index (χ0v) is 22.0. The van der Waals surface area contributed by atoms with Crippen LogP contribution in [0.2, 0.25) is 0 Å². The maximum absolute atomic E-state index is 13.3. The van der Waals surface area contributed by atoms with E-state index in [9.17, 15) is 14.7 Å². The van der Waals surface area contributed by atoms with Crippen LogP contribution in [0.3, 0.4) is 0 Å². The van der Waals surface area contributed by atoms with E-state index in [0.717, 1.165) is 13.1 Å². The number of methoxy groups -OCH3 is 1. The highest BCUT2D eigenvalue weighted by molar-refractivity contribution is 6.46. The van der Waals surface area contributed by atoms with Gasteiger partial charge < -0.3 is 29.1 Å². The van der Waals surface area contributed by atoms with Crippen molar-refractivity contribution in [3.05, 3.63) is 71.8 Å². The Labute approximate surface area is 218 Å². The van der Waals surface area contributed by atoms with E-state index in [1.807, 2.05) is 6.92 Å². The molecule has 1 amide bonds. The number of carbonyl (C=O) groups is 2. The lowest BCUT2D eigenvalue weighted by Gasteiger charge is -2.28. The Morgan fingerprint density at radius 1 is 1.05 bits per heavy atom. The molecule has 3 rings (SSSR count). The van der Waals surface area contributed by atoms with Gasteiger partial charge >= 0.3 is 0 Å². The first-order valence-electron chi connectivity index (χ1n) is 12.6. The average Bonchev–Trinajstić information content (AvgIpc) is 3.17. The van der Waals surface area contributed by atoms with E-state index < -0.39 is 17.7 Å². The van der Waals surface area contributed by atoms with Crippen LogP contribution in [0.4, 0.5) is 0 Å². The zero-order chi connectivity index (χ0) is 26.9. The summed E-state index contributed by atoms with van der Waals surface area (Å²) in [6.45, 7) is 13.0. The SMILES string of the molecule is C=CCOc1ccc(/C(O)=C2/C(=O)C(=O)N(CCN(CC)CC)C2c2ccc(OCC)c(OC)c2)cc1. The van der Waals surface area contributed by atoms with Gasteiger partial charge in [-0.05, 0) is 62.0 Å². The van der Waals surface area contributed by atoms with Crippen LogP contribution >= 0.6 is 0 Å². The summed E-state index contributed by atoms with van der Waals surface area (Å²) < 4.78 is 16.7. The summed E-state index contributed by atoms with van der Waals surface area (Å²) in [5.41, 5.74) is 1.10. The van der Waals surface area contributed by atoms with Crippen molar-refractivity contribution < 1.29 is 28.9 Å². The number of rotatable bonds is 13. The van der Waals surface area contributed by atoms with Crippen LogP contribution in [-0.4, -0.2) is 73.1 Å². The fourth-order valence-corrected chi connectivity index (χ4v) is 4.39. The number of nitrogens with zero attached hydrogens (tertiary/aromatic N) is 2. The first-order chi connectivity index (χ1) is 17.9. The van der Waals surface area contributed by atoms with Crippen LogP contribution in [0, 0.1) is 0 Å². The molecule has 8 nitrogen and oxygen atoms in total. The van der Waals surface area contributed by atoms with E-state index in [-0.39, 0.29) is 11.3 Å². The third-order valence-corrected chi connectivity index (χ3v) is 6.39. The van der Waals surface area contributed by atoms with Gasteiger partial charge in [0.1, 0.15) is 18.1 Å². The summed E-state index contributed by atoms with van der Waals surface area (Å²) >= 11 is 0. The van der Waals surface area contributed by atoms with Crippen molar-refractivity contribution in [1.82, 2.24) is 9.80 Å². The molecule has 1 aliphatic heterocycles. The maximum atomic E-state index is 13.3. The highest BCUT2D eigenvalue weighted by Crippen LogP contribution is 2.42. The Bertz CT molecular complexity index is 1140. The number of aliphatic hydroxyl groups is 1. The number of Topliss-reactive ketones (excluding diaryl/α,β-unsaturated/α-hetero) is 1. The van der Waals surface area contributed by atoms with Crippen molar-refractivity contribution in [3.8, 4) is 17.2 Å². The molecule has 2 aromatic rings. The number of amides is 1. The number of ether oxygens (including phenoxy) is 3. The molecule has 1 atom stereocenters. The van der Waals surface area contributed by atoms with E-state index in [1.165, 1.54) is 12.0 Å². The summed E-state index contributed by atoms with van der Waals surface area (Å²) in [5, 5.41) is 11.3. The molecular formula is C29H36N2O6. The van der Waals surface area contributed by atoms with E-state index in [0.29, 0.717) is 54.7 Å². The van der Waals surface area contributed by atoms with Crippen LogP contribution in [0.1, 0.15) is 37.9 Å². The fourth-order valence-electron chi connectivity index (χ4n) is 4.39. The molecule has 37 heavy (non-hydrogen) atoms. The van der Waals surface area contributed by atoms with Crippen LogP contribution in [-0.2, 0) is 9.59 Å². The quantitative estimate of drug-likeness (QED) is 0.185. The molecule has 1 aliphatic rings. The lowest BCUT2D eigenvalue weighted by molar-refractivity contribution is -0.140. The fraction of sp³-hybridized carbons (Fsp3) is 0.379. The number of hydrogen-bond donors (Lipinski definition) is 1. The molecule has 1 saturated heterocycles. The van der Waals surface area contributed by atoms with Gasteiger partial charge in [0, 0.05) is 18.7 Å². The van der Waals surface area contributed by atoms with Gasteiger partial charge in [-0.2, -0.15) is 0 Å². The van der Waals surface area contributed by atoms with Crippen molar-refractivity contribution in [1.29, 1.82) is 0 Å². The summed E-state index contributed by atoms with van der Waals surface area (Å²) in [6, 6.07) is 11.2. The van der Waals surface area contributed by atoms with Gasteiger partial charge in [0.25, 0.3) is 11.7 Å². The number of hydrogen-bond acceptors (Lipinski definition) is 7. The van der Waals surface area contributed by atoms with Gasteiger partial charge in [0.05, 0.1) is 25.3 Å². The third-order valence-electron chi connectivity index (χ3n) is 6.39. The van der Waals surface area contributed by atoms with E-state index in [4.69, 9.17) is 14.2 Å². The van der Waals surface area contributed by atoms with Crippen LogP contribution in [0.15, 0.2) is 60.7 Å². The lowest BCUT2D eigenvalue weighted by atomic mass is 9.95. The largest absolute Gasteiger partial charge is 0.507 e. The smallest absolute Gasteiger partial charge is 0.295 e. The molecule has 0 aliphatic carbocycles. The first kappa shape index (κ1) is 27.8. The minimum absolute atomic E-state index is 0.0375. The number of benzene rings is 2. The summed E-state index contributed by atoms with van der Waals surface area (Å²) in [6.07, 6.45) is 1.64. The second kappa shape index (κ2) is 13.0. The summed E-state index contributed by atoms with van der Waals surface area (Å²) in [4.78, 5) is 30.3. The third kappa shape index (κ3) is 6.14. The highest BCUT2D eigenvalue weighted by Gasteiger charge is 2.46. The van der Waals surface area contributed by atoms with Crippen molar-refractivity contribution in [2.75, 3.05) is 46.5 Å². The Hall–Kier alpha value is -3.78. The molecule has 1 N–H and O–H groups in total. The summed E-state index contributed by atoms with van der Waals surface area (Å²) in [5.74, 6) is 0.0430. The molecule has 0 spiro atoms. The van der Waals surface area contributed by atoms with Crippen molar-refractivity contribution in [2.45, 2.75) is 26.8 Å². The minimum Gasteiger partial charge on any atom is -0.507 e. The molecule has 1 unspecified atom stereocenters. The van der Waals surface area contributed by atoms with Gasteiger partial charge in [0.2, 0.25) is 0 Å². The van der Waals surface area contributed by atoms with Gasteiger partial charge in [0.15, 0.2) is 11.5 Å². The molecule has 198 valence electrons. The van der Waals surface area contributed by atoms with Gasteiger partial charge in [-0.3, -0.25) is 9.59 Å². The number of likely N-dealkylation sites (tertiary alicyclic amines) is 1. The standard InChI is InChI=1S/C29H36N2O6/c1-6-18-37-22-13-10-20(11-14-22)27(32)25-26(21-12-15-23(36-9-4)24(19-21)35-5)31(29(34)28(25)33)17-16-30(7-2)8-3/h6,10-15,19,26,32H,1,7-9,16-18H2,2-5H3/b27-25-. The van der Waals surface area contributed by atoms with Crippen LogP contribution < -0.4 is 14.2 Å². The molecule has 0 radical (unpaired) electrons. The Kier molecular flexibility index (Phi) is 9.74. The molecule has 1 heterocycles. The molecule has 1 fully saturated rings. The number of carbonyl (C=O) groups excluding carboxylic acids is 2. The predicted octanol–water partition coefficient (Wildman–Crippen LogP) is 4.42. The average molecular weight is 509 g/mol. The van der Waals surface area contributed by atoms with Crippen LogP contribution in [0.25, 0.3) is 5.76 Å². The van der Waals surface area contributed by atoms with E-state index >= 15 is 0 Å². The predicted molar refractivity (Wildman–Crippen MR) is 143 cm³/mol. The minimum atomic E-state index is -0.781. The Balaban J connectivity index is 2.10. The second-order valence-electron chi connectivity index (χ2n) is 8.49. The van der Waals surface area contributed by atoms with E-state index in [1.54, 1.807) is 48.5 Å². The number of ketones is 1. The second-order valence-corrected chi connectivity index (χ2v) is 8.49. The van der Waals surface area contributed by atoms with Crippen molar-refractivity contribution in [3.63, 3.8) is 0 Å². The van der Waals surface area contributed by atoms with E-state index in [2.05, 4.69) is 25.3 Å². The van der Waals surface area contributed by atoms with Crippen LogP contribution in [0.5, 0.6) is 17.2 Å². The van der Waals surface area contributed by atoms with Crippen molar-refractivity contribution in [2.24, 2.45) is 0 Å². The Morgan fingerprint density at radius 2 is 1.76 bits per heavy atom. The highest BCUT2D eigenvalue weighted by atomic mass is 16.5. The lowest BCUT2D eigenvalue weighted by Crippen LogP contribution is -2.38. The monoisotopic (exact) mass is 508 g/mol. The van der Waals surface area contributed by atoms with Gasteiger partial charge in [-0.15, -0.1) is 0 Å².